The predicted octanol–water partition coefficient (Wildman–Crippen LogP) is 3.04. The van der Waals surface area contributed by atoms with Gasteiger partial charge in [0.15, 0.2) is 0 Å². The molecule has 1 aromatic carbocycles. The minimum atomic E-state index is -0.933. The highest BCUT2D eigenvalue weighted by Gasteiger charge is 2.09. The lowest BCUT2D eigenvalue weighted by Gasteiger charge is -2.15. The van der Waals surface area contributed by atoms with E-state index >= 15 is 0 Å². The van der Waals surface area contributed by atoms with Crippen molar-refractivity contribution in [1.29, 1.82) is 0 Å². The van der Waals surface area contributed by atoms with Crippen LogP contribution in [0.15, 0.2) is 24.3 Å². The summed E-state index contributed by atoms with van der Waals surface area (Å²) >= 11 is 0. The zero-order chi connectivity index (χ0) is 23.5. The second-order valence-corrected chi connectivity index (χ2v) is 7.67. The van der Waals surface area contributed by atoms with Crippen LogP contribution in [-0.2, 0) is 9.59 Å². The molecule has 0 heterocycles. The summed E-state index contributed by atoms with van der Waals surface area (Å²) < 4.78 is 0. The number of anilines is 1. The standard InChI is InChI=1S/C11H13NO2.C6H14N2O2.C6H13N/c1-2-3-11(14)12-10-6-4-9(8-13)5-7-10;7-4-2-1-3-5(8)6(9)10;7-6-4-2-1-3-5-6/h4-8H,2-3H2,1H3,(H,12,14);5H,1-4,7-8H2,(H,9,10);6H,1-5,7H2/t;5-;/m.0./s1. The molecule has 0 unspecified atom stereocenters. The molecule has 176 valence electrons. The van der Waals surface area contributed by atoms with Gasteiger partial charge in [-0.25, -0.2) is 0 Å². The van der Waals surface area contributed by atoms with Crippen LogP contribution in [-0.4, -0.2) is 41.9 Å². The van der Waals surface area contributed by atoms with Crippen LogP contribution in [0.25, 0.3) is 0 Å². The number of carboxylic acid groups (broad SMARTS) is 1. The lowest BCUT2D eigenvalue weighted by atomic mass is 9.97. The number of carbonyl (C=O) groups excluding carboxylic acids is 2. The molecule has 0 aliphatic heterocycles. The number of hydrogen-bond acceptors (Lipinski definition) is 6. The molecular formula is C23H40N4O4. The molecule has 0 bridgehead atoms. The topological polar surface area (TPSA) is 162 Å². The molecule has 0 saturated heterocycles. The van der Waals surface area contributed by atoms with E-state index in [4.69, 9.17) is 22.3 Å². The van der Waals surface area contributed by atoms with Crippen molar-refractivity contribution in [2.24, 2.45) is 17.2 Å². The summed E-state index contributed by atoms with van der Waals surface area (Å²) in [5.74, 6) is -0.927. The number of carbonyl (C=O) groups is 3. The minimum absolute atomic E-state index is 0.00588. The van der Waals surface area contributed by atoms with E-state index in [0.29, 0.717) is 31.0 Å². The van der Waals surface area contributed by atoms with Crippen LogP contribution in [0.4, 0.5) is 5.69 Å². The summed E-state index contributed by atoms with van der Waals surface area (Å²) in [5.41, 5.74) is 17.4. The molecule has 0 spiro atoms. The van der Waals surface area contributed by atoms with Gasteiger partial charge < -0.3 is 27.6 Å². The van der Waals surface area contributed by atoms with E-state index in [-0.39, 0.29) is 5.91 Å². The summed E-state index contributed by atoms with van der Waals surface area (Å²) in [6.45, 7) is 2.56. The summed E-state index contributed by atoms with van der Waals surface area (Å²) in [6.07, 6.45) is 11.0. The van der Waals surface area contributed by atoms with Gasteiger partial charge in [-0.1, -0.05) is 32.6 Å². The summed E-state index contributed by atoms with van der Waals surface area (Å²) in [6, 6.07) is 6.61. The smallest absolute Gasteiger partial charge is 0.320 e. The molecule has 1 aromatic rings. The van der Waals surface area contributed by atoms with Crippen LogP contribution in [0, 0.1) is 0 Å². The number of aldehydes is 1. The average molecular weight is 437 g/mol. The maximum atomic E-state index is 11.2. The minimum Gasteiger partial charge on any atom is -0.480 e. The maximum absolute atomic E-state index is 11.2. The summed E-state index contributed by atoms with van der Waals surface area (Å²) in [5, 5.41) is 11.1. The van der Waals surface area contributed by atoms with Gasteiger partial charge in [0.1, 0.15) is 12.3 Å². The van der Waals surface area contributed by atoms with Crippen LogP contribution in [0.2, 0.25) is 0 Å². The number of nitrogens with one attached hydrogen (secondary N) is 1. The van der Waals surface area contributed by atoms with Crippen molar-refractivity contribution >= 4 is 23.9 Å². The lowest BCUT2D eigenvalue weighted by Crippen LogP contribution is -2.29. The SMILES string of the molecule is CCCC(=O)Nc1ccc(C=O)cc1.NC1CCCCC1.NCCCC[C@H](N)C(=O)O. The normalized spacial score (nSPS) is 14.2. The Hall–Kier alpha value is -2.29. The number of unbranched alkanes of at least 4 members (excludes halogenated alkanes) is 1. The molecule has 1 atom stereocenters. The monoisotopic (exact) mass is 436 g/mol. The fraction of sp³-hybridized carbons (Fsp3) is 0.609. The third-order valence-corrected chi connectivity index (χ3v) is 4.74. The number of carboxylic acids is 1. The Morgan fingerprint density at radius 3 is 2.19 bits per heavy atom. The fourth-order valence-corrected chi connectivity index (χ4v) is 2.86. The molecule has 0 aromatic heterocycles. The Labute approximate surface area is 185 Å². The van der Waals surface area contributed by atoms with E-state index in [9.17, 15) is 14.4 Å². The van der Waals surface area contributed by atoms with Gasteiger partial charge in [0.05, 0.1) is 0 Å². The Balaban J connectivity index is 0.000000463. The zero-order valence-electron chi connectivity index (χ0n) is 18.7. The van der Waals surface area contributed by atoms with Gasteiger partial charge in [-0.2, -0.15) is 0 Å². The fourth-order valence-electron chi connectivity index (χ4n) is 2.86. The van der Waals surface area contributed by atoms with Crippen molar-refractivity contribution in [2.45, 2.75) is 83.2 Å². The van der Waals surface area contributed by atoms with Crippen molar-refractivity contribution in [3.05, 3.63) is 29.8 Å². The highest BCUT2D eigenvalue weighted by Crippen LogP contribution is 2.14. The van der Waals surface area contributed by atoms with E-state index in [2.05, 4.69) is 5.32 Å². The molecule has 1 fully saturated rings. The highest BCUT2D eigenvalue weighted by atomic mass is 16.4. The highest BCUT2D eigenvalue weighted by molar-refractivity contribution is 5.91. The number of aliphatic carboxylic acids is 1. The number of nitrogens with two attached hydrogens (primary N) is 3. The first kappa shape index (κ1) is 28.7. The first-order chi connectivity index (χ1) is 14.8. The third kappa shape index (κ3) is 16.1. The number of rotatable bonds is 9. The lowest BCUT2D eigenvalue weighted by molar-refractivity contribution is -0.138. The van der Waals surface area contributed by atoms with Crippen LogP contribution in [0.1, 0.15) is 81.5 Å². The molecule has 8 heteroatoms. The van der Waals surface area contributed by atoms with E-state index in [1.165, 1.54) is 32.1 Å². The van der Waals surface area contributed by atoms with Gasteiger partial charge in [-0.15, -0.1) is 0 Å². The van der Waals surface area contributed by atoms with Crippen LogP contribution < -0.4 is 22.5 Å². The van der Waals surface area contributed by atoms with E-state index < -0.39 is 12.0 Å². The van der Waals surface area contributed by atoms with Gasteiger partial charge in [-0.3, -0.25) is 14.4 Å². The van der Waals surface area contributed by atoms with Crippen LogP contribution >= 0.6 is 0 Å². The van der Waals surface area contributed by atoms with Gasteiger partial charge in [0.25, 0.3) is 0 Å². The quantitative estimate of drug-likeness (QED) is 0.293. The van der Waals surface area contributed by atoms with E-state index in [0.717, 1.165) is 31.2 Å². The molecule has 0 radical (unpaired) electrons. The third-order valence-electron chi connectivity index (χ3n) is 4.74. The number of benzene rings is 1. The Morgan fingerprint density at radius 2 is 1.77 bits per heavy atom. The molecule has 2 rings (SSSR count). The van der Waals surface area contributed by atoms with E-state index in [1.54, 1.807) is 24.3 Å². The van der Waals surface area contributed by atoms with Crippen molar-refractivity contribution < 1.29 is 19.5 Å². The molecular weight excluding hydrogens is 396 g/mol. The Kier molecular flexibility index (Phi) is 17.1. The van der Waals surface area contributed by atoms with Crippen molar-refractivity contribution in [3.63, 3.8) is 0 Å². The van der Waals surface area contributed by atoms with Crippen LogP contribution in [0.3, 0.4) is 0 Å². The second kappa shape index (κ2) is 18.5. The maximum Gasteiger partial charge on any atom is 0.320 e. The number of hydrogen-bond donors (Lipinski definition) is 5. The van der Waals surface area contributed by atoms with Crippen molar-refractivity contribution in [3.8, 4) is 0 Å². The second-order valence-electron chi connectivity index (χ2n) is 7.67. The summed E-state index contributed by atoms with van der Waals surface area (Å²) in [7, 11) is 0. The van der Waals surface area contributed by atoms with Gasteiger partial charge in [-0.05, 0) is 62.9 Å². The van der Waals surface area contributed by atoms with Crippen molar-refractivity contribution in [2.75, 3.05) is 11.9 Å². The van der Waals surface area contributed by atoms with Gasteiger partial charge >= 0.3 is 5.97 Å². The Bertz CT molecular complexity index is 617. The van der Waals surface area contributed by atoms with Crippen molar-refractivity contribution in [1.82, 2.24) is 0 Å². The Morgan fingerprint density at radius 1 is 1.16 bits per heavy atom. The molecule has 31 heavy (non-hydrogen) atoms. The zero-order valence-corrected chi connectivity index (χ0v) is 18.7. The molecule has 8 nitrogen and oxygen atoms in total. The molecule has 8 N–H and O–H groups in total. The van der Waals surface area contributed by atoms with Gasteiger partial charge in [0.2, 0.25) is 5.91 Å². The van der Waals surface area contributed by atoms with Crippen LogP contribution in [0.5, 0.6) is 0 Å². The largest absolute Gasteiger partial charge is 0.480 e. The number of amides is 1. The molecule has 1 aliphatic carbocycles. The predicted molar refractivity (Wildman–Crippen MR) is 125 cm³/mol. The molecule has 1 saturated carbocycles. The first-order valence-electron chi connectivity index (χ1n) is 11.1. The molecule has 1 amide bonds. The van der Waals surface area contributed by atoms with Gasteiger partial charge in [0, 0.05) is 23.7 Å². The molecule has 1 aliphatic rings. The summed E-state index contributed by atoms with van der Waals surface area (Å²) in [4.78, 5) is 31.7. The first-order valence-corrected chi connectivity index (χ1v) is 11.1. The van der Waals surface area contributed by atoms with E-state index in [1.807, 2.05) is 6.92 Å². The average Bonchev–Trinajstić information content (AvgIpc) is 2.76.